The average molecular weight is 431 g/mol. The zero-order valence-corrected chi connectivity index (χ0v) is 18.4. The van der Waals surface area contributed by atoms with Gasteiger partial charge in [0.2, 0.25) is 5.91 Å². The molecule has 1 unspecified atom stereocenters. The Morgan fingerprint density at radius 3 is 2.59 bits per heavy atom. The zero-order valence-electron chi connectivity index (χ0n) is 18.4. The van der Waals surface area contributed by atoms with Crippen LogP contribution in [0.3, 0.4) is 0 Å². The van der Waals surface area contributed by atoms with E-state index >= 15 is 0 Å². The van der Waals surface area contributed by atoms with E-state index in [0.29, 0.717) is 33.7 Å². The van der Waals surface area contributed by atoms with Gasteiger partial charge in [-0.1, -0.05) is 12.1 Å². The van der Waals surface area contributed by atoms with Gasteiger partial charge in [0, 0.05) is 18.7 Å². The number of amides is 2. The molecule has 1 aromatic carbocycles. The van der Waals surface area contributed by atoms with Gasteiger partial charge in [0.1, 0.15) is 5.69 Å². The summed E-state index contributed by atoms with van der Waals surface area (Å²) < 4.78 is 7.31. The van der Waals surface area contributed by atoms with Crippen molar-refractivity contribution >= 4 is 28.5 Å². The van der Waals surface area contributed by atoms with E-state index in [1.807, 2.05) is 51.1 Å². The first kappa shape index (κ1) is 21.3. The third kappa shape index (κ3) is 4.25. The van der Waals surface area contributed by atoms with Crippen LogP contribution in [0.4, 0.5) is 5.69 Å². The minimum absolute atomic E-state index is 0.0817. The maximum atomic E-state index is 13.3. The molecule has 8 nitrogen and oxygen atoms in total. The van der Waals surface area contributed by atoms with E-state index < -0.39 is 0 Å². The number of furan rings is 1. The van der Waals surface area contributed by atoms with Crippen molar-refractivity contribution in [1.82, 2.24) is 20.1 Å². The molecule has 0 spiro atoms. The second-order valence-electron chi connectivity index (χ2n) is 7.95. The fourth-order valence-corrected chi connectivity index (χ4v) is 3.58. The lowest BCUT2D eigenvalue weighted by molar-refractivity contribution is -0.114. The van der Waals surface area contributed by atoms with Gasteiger partial charge in [0.05, 0.1) is 29.5 Å². The summed E-state index contributed by atoms with van der Waals surface area (Å²) in [5.41, 5.74) is 3.22. The highest BCUT2D eigenvalue weighted by atomic mass is 16.3. The molecule has 4 aromatic rings. The molecule has 2 N–H and O–H groups in total. The number of nitrogens with zero attached hydrogens (tertiary/aromatic N) is 3. The minimum atomic E-state index is -0.286. The van der Waals surface area contributed by atoms with Gasteiger partial charge in [0.15, 0.2) is 11.4 Å². The van der Waals surface area contributed by atoms with Gasteiger partial charge in [0.25, 0.3) is 5.91 Å². The van der Waals surface area contributed by atoms with Gasteiger partial charge in [-0.05, 0) is 56.7 Å². The Kier molecular flexibility index (Phi) is 5.77. The molecule has 0 aliphatic carbocycles. The molecule has 0 aliphatic heterocycles. The lowest BCUT2D eigenvalue weighted by atomic mass is 10.1. The number of aromatic nitrogens is 3. The molecule has 0 bridgehead atoms. The Hall–Kier alpha value is -3.94. The van der Waals surface area contributed by atoms with Crippen molar-refractivity contribution in [2.45, 2.75) is 39.8 Å². The van der Waals surface area contributed by atoms with E-state index in [2.05, 4.69) is 15.7 Å². The number of benzene rings is 1. The average Bonchev–Trinajstić information content (AvgIpc) is 3.42. The number of hydrogen-bond acceptors (Lipinski definition) is 5. The molecule has 0 saturated carbocycles. The van der Waals surface area contributed by atoms with Crippen molar-refractivity contribution < 1.29 is 14.0 Å². The Morgan fingerprint density at radius 2 is 1.91 bits per heavy atom. The molecule has 164 valence electrons. The van der Waals surface area contributed by atoms with E-state index in [1.165, 1.54) is 6.92 Å². The Morgan fingerprint density at radius 1 is 1.09 bits per heavy atom. The molecule has 3 heterocycles. The normalized spacial score (nSPS) is 12.2. The molecule has 0 saturated heterocycles. The number of anilines is 1. The molecule has 2 amide bonds. The molecule has 32 heavy (non-hydrogen) atoms. The summed E-state index contributed by atoms with van der Waals surface area (Å²) >= 11 is 0. The van der Waals surface area contributed by atoms with Gasteiger partial charge in [-0.3, -0.25) is 9.59 Å². The first-order chi connectivity index (χ1) is 15.3. The number of carbonyl (C=O) groups excluding carboxylic acids is 2. The molecule has 3 aromatic heterocycles. The maximum Gasteiger partial charge on any atom is 0.252 e. The third-order valence-electron chi connectivity index (χ3n) is 5.13. The lowest BCUT2D eigenvalue weighted by Gasteiger charge is -2.16. The Balaban J connectivity index is 1.69. The monoisotopic (exact) mass is 431 g/mol. The number of rotatable bonds is 6. The fraction of sp³-hybridized carbons (Fsp3) is 0.250. The van der Waals surface area contributed by atoms with Crippen molar-refractivity contribution in [3.63, 3.8) is 0 Å². The number of carbonyl (C=O) groups is 2. The number of hydrogen-bond donors (Lipinski definition) is 2. The highest BCUT2D eigenvalue weighted by Gasteiger charge is 2.21. The summed E-state index contributed by atoms with van der Waals surface area (Å²) in [5, 5.41) is 10.9. The second-order valence-corrected chi connectivity index (χ2v) is 7.95. The first-order valence-corrected chi connectivity index (χ1v) is 10.4. The molecule has 0 radical (unpaired) electrons. The van der Waals surface area contributed by atoms with Gasteiger partial charge in [-0.15, -0.1) is 0 Å². The standard InChI is InChI=1S/C24H25N5O3/c1-14(2)29-23-20(13-25-29)19(12-21(28-23)22-9-6-10-32-22)24(31)26-15(3)17-7-5-8-18(11-17)27-16(4)30/h5-15H,1-4H3,(H,26,31)(H,27,30). The number of fused-ring (bicyclic) bond motifs is 1. The predicted molar refractivity (Wildman–Crippen MR) is 122 cm³/mol. The van der Waals surface area contributed by atoms with Crippen LogP contribution in [0, 0.1) is 0 Å². The van der Waals surface area contributed by atoms with Crippen LogP contribution >= 0.6 is 0 Å². The highest BCUT2D eigenvalue weighted by molar-refractivity contribution is 6.06. The van der Waals surface area contributed by atoms with Crippen LogP contribution in [0.25, 0.3) is 22.5 Å². The molecule has 8 heteroatoms. The molecule has 1 atom stereocenters. The highest BCUT2D eigenvalue weighted by Crippen LogP contribution is 2.27. The van der Waals surface area contributed by atoms with Gasteiger partial charge in [-0.2, -0.15) is 5.10 Å². The third-order valence-corrected chi connectivity index (χ3v) is 5.13. The summed E-state index contributed by atoms with van der Waals surface area (Å²) in [6.07, 6.45) is 3.25. The van der Waals surface area contributed by atoms with Gasteiger partial charge >= 0.3 is 0 Å². The summed E-state index contributed by atoms with van der Waals surface area (Å²) in [5.74, 6) is 0.185. The number of nitrogens with one attached hydrogen (secondary N) is 2. The van der Waals surface area contributed by atoms with Crippen LogP contribution in [0.1, 0.15) is 55.7 Å². The summed E-state index contributed by atoms with van der Waals surface area (Å²) in [6.45, 7) is 7.38. The van der Waals surface area contributed by atoms with E-state index in [4.69, 9.17) is 9.40 Å². The van der Waals surface area contributed by atoms with E-state index in [0.717, 1.165) is 5.56 Å². The maximum absolute atomic E-state index is 13.3. The van der Waals surface area contributed by atoms with Crippen LogP contribution in [-0.2, 0) is 4.79 Å². The molecule has 0 fully saturated rings. The molecular formula is C24H25N5O3. The van der Waals surface area contributed by atoms with Crippen LogP contribution in [0.2, 0.25) is 0 Å². The minimum Gasteiger partial charge on any atom is -0.463 e. The smallest absolute Gasteiger partial charge is 0.252 e. The van der Waals surface area contributed by atoms with Crippen molar-refractivity contribution in [2.75, 3.05) is 5.32 Å². The van der Waals surface area contributed by atoms with Crippen LogP contribution < -0.4 is 10.6 Å². The van der Waals surface area contributed by atoms with Crippen molar-refractivity contribution in [3.05, 3.63) is 66.1 Å². The summed E-state index contributed by atoms with van der Waals surface area (Å²) in [4.78, 5) is 29.4. The van der Waals surface area contributed by atoms with E-state index in [1.54, 1.807) is 29.3 Å². The van der Waals surface area contributed by atoms with Crippen molar-refractivity contribution in [1.29, 1.82) is 0 Å². The second kappa shape index (κ2) is 8.66. The topological polar surface area (TPSA) is 102 Å². The lowest BCUT2D eigenvalue weighted by Crippen LogP contribution is -2.27. The predicted octanol–water partition coefficient (Wildman–Crippen LogP) is 4.72. The summed E-state index contributed by atoms with van der Waals surface area (Å²) in [7, 11) is 0. The fourth-order valence-electron chi connectivity index (χ4n) is 3.58. The number of pyridine rings is 1. The SMILES string of the molecule is CC(=O)Nc1cccc(C(C)NC(=O)c2cc(-c3ccco3)nc3c2cnn3C(C)C)c1. The van der Waals surface area contributed by atoms with Gasteiger partial charge < -0.3 is 15.1 Å². The molecular weight excluding hydrogens is 406 g/mol. The van der Waals surface area contributed by atoms with E-state index in [-0.39, 0.29) is 23.9 Å². The van der Waals surface area contributed by atoms with Gasteiger partial charge in [-0.25, -0.2) is 9.67 Å². The van der Waals surface area contributed by atoms with Crippen LogP contribution in [0.5, 0.6) is 0 Å². The van der Waals surface area contributed by atoms with E-state index in [9.17, 15) is 9.59 Å². The first-order valence-electron chi connectivity index (χ1n) is 10.4. The molecule has 4 rings (SSSR count). The van der Waals surface area contributed by atoms with Crippen molar-refractivity contribution in [3.8, 4) is 11.5 Å². The van der Waals surface area contributed by atoms with Crippen molar-refractivity contribution in [2.24, 2.45) is 0 Å². The van der Waals surface area contributed by atoms with Crippen LogP contribution in [0.15, 0.2) is 59.3 Å². The zero-order chi connectivity index (χ0) is 22.8. The largest absolute Gasteiger partial charge is 0.463 e. The quantitative estimate of drug-likeness (QED) is 0.460. The summed E-state index contributed by atoms with van der Waals surface area (Å²) in [6, 6.07) is 12.5. The Labute approximate surface area is 185 Å². The van der Waals surface area contributed by atoms with Crippen LogP contribution in [-0.4, -0.2) is 26.6 Å². The molecule has 0 aliphatic rings. The Bertz CT molecular complexity index is 1270.